The number of nitrogens with zero attached hydrogens (tertiary/aromatic N) is 4. The Morgan fingerprint density at radius 3 is 1.18 bits per heavy atom. The Morgan fingerprint density at radius 1 is 0.556 bits per heavy atom. The van der Waals surface area contributed by atoms with E-state index in [2.05, 4.69) is 20.5 Å². The van der Waals surface area contributed by atoms with Gasteiger partial charge in [0.05, 0.1) is 36.0 Å². The van der Waals surface area contributed by atoms with Crippen LogP contribution in [0.2, 0.25) is 0 Å². The van der Waals surface area contributed by atoms with E-state index in [1.165, 1.54) is 36.4 Å². The molecule has 0 bridgehead atoms. The van der Waals surface area contributed by atoms with E-state index < -0.39 is 30.0 Å². The number of rotatable bonds is 12. The van der Waals surface area contributed by atoms with Crippen LogP contribution in [0, 0.1) is 0 Å². The zero-order valence-corrected chi connectivity index (χ0v) is 28.2. The average Bonchev–Trinajstić information content (AvgIpc) is 2.99. The van der Waals surface area contributed by atoms with Crippen molar-refractivity contribution < 1.29 is 65.0 Å². The van der Waals surface area contributed by atoms with Gasteiger partial charge in [0.1, 0.15) is 21.3 Å². The summed E-state index contributed by atoms with van der Waals surface area (Å²) in [7, 11) is -9.43. The predicted octanol–water partition coefficient (Wildman–Crippen LogP) is 4.98. The molecule has 0 aromatic heterocycles. The molecule has 4 aromatic carbocycles. The van der Waals surface area contributed by atoms with Gasteiger partial charge >= 0.3 is 29.6 Å². The summed E-state index contributed by atoms with van der Waals surface area (Å²) < 4.78 is 79.2. The van der Waals surface area contributed by atoms with Gasteiger partial charge in [-0.25, -0.2) is 0 Å². The van der Waals surface area contributed by atoms with E-state index >= 15 is 0 Å². The van der Waals surface area contributed by atoms with Crippen LogP contribution in [-0.2, 0) is 20.2 Å². The fourth-order valence-electron chi connectivity index (χ4n) is 3.85. The molecule has 45 heavy (non-hydrogen) atoms. The first-order valence-corrected chi connectivity index (χ1v) is 16.0. The van der Waals surface area contributed by atoms with E-state index in [1.807, 2.05) is 13.8 Å². The third-order valence-corrected chi connectivity index (χ3v) is 7.67. The van der Waals surface area contributed by atoms with Crippen molar-refractivity contribution in [3.63, 3.8) is 0 Å². The standard InChI is InChI=1S/C30H28N4O8S2.Na/c1-3-41-27-15-11-23(12-16-27)31-33-25-9-7-21(29(19-25)43(35,36)37)5-6-22-8-10-26(20-30(22)44(38,39)40)34-32-24-13-17-28(18-14-24)42-4-2;/h5-20H,3-4H2,1-2H3,(H,35,36,37)(H,38,39,40);/q;+1. The molecule has 228 valence electrons. The van der Waals surface area contributed by atoms with E-state index in [-0.39, 0.29) is 52.1 Å². The summed E-state index contributed by atoms with van der Waals surface area (Å²) in [4.78, 5) is -0.961. The normalized spacial score (nSPS) is 12.1. The molecule has 12 nitrogen and oxygen atoms in total. The number of hydrogen-bond donors (Lipinski definition) is 2. The van der Waals surface area contributed by atoms with Crippen molar-refractivity contribution in [3.05, 3.63) is 96.1 Å². The molecule has 0 fully saturated rings. The van der Waals surface area contributed by atoms with Gasteiger partial charge in [-0.2, -0.15) is 37.3 Å². The van der Waals surface area contributed by atoms with Crippen molar-refractivity contribution in [1.82, 2.24) is 0 Å². The van der Waals surface area contributed by atoms with Gasteiger partial charge in [-0.1, -0.05) is 24.3 Å². The Kier molecular flexibility index (Phi) is 12.7. The fourth-order valence-corrected chi connectivity index (χ4v) is 5.26. The summed E-state index contributed by atoms with van der Waals surface area (Å²) >= 11 is 0. The first kappa shape index (κ1) is 35.7. The summed E-state index contributed by atoms with van der Waals surface area (Å²) in [6.45, 7) is 4.75. The van der Waals surface area contributed by atoms with Crippen molar-refractivity contribution in [2.45, 2.75) is 23.6 Å². The molecule has 4 aromatic rings. The van der Waals surface area contributed by atoms with Gasteiger partial charge in [-0.15, -0.1) is 0 Å². The third kappa shape index (κ3) is 10.4. The summed E-state index contributed by atoms with van der Waals surface area (Å²) in [5.41, 5.74) is 1.34. The van der Waals surface area contributed by atoms with Gasteiger partial charge in [-0.05, 0) is 97.8 Å². The number of benzene rings is 4. The summed E-state index contributed by atoms with van der Waals surface area (Å²) in [5.74, 6) is 1.33. The quantitative estimate of drug-likeness (QED) is 0.0926. The first-order valence-electron chi connectivity index (χ1n) is 13.2. The van der Waals surface area contributed by atoms with Gasteiger partial charge in [0.2, 0.25) is 0 Å². The Labute approximate surface area is 283 Å². The molecule has 0 saturated carbocycles. The maximum absolute atomic E-state index is 12.2. The number of hydrogen-bond acceptors (Lipinski definition) is 10. The van der Waals surface area contributed by atoms with Crippen LogP contribution < -0.4 is 39.0 Å². The van der Waals surface area contributed by atoms with Crippen LogP contribution in [0.25, 0.3) is 12.2 Å². The van der Waals surface area contributed by atoms with Crippen molar-refractivity contribution in [2.24, 2.45) is 20.5 Å². The predicted molar refractivity (Wildman–Crippen MR) is 165 cm³/mol. The number of ether oxygens (including phenoxy) is 2. The molecule has 2 N–H and O–H groups in total. The zero-order chi connectivity index (χ0) is 31.7. The van der Waals surface area contributed by atoms with Crippen LogP contribution in [0.4, 0.5) is 22.7 Å². The smallest absolute Gasteiger partial charge is 0.494 e. The second-order valence-corrected chi connectivity index (χ2v) is 11.8. The monoisotopic (exact) mass is 659 g/mol. The minimum absolute atomic E-state index is 0. The van der Waals surface area contributed by atoms with E-state index in [4.69, 9.17) is 9.47 Å². The van der Waals surface area contributed by atoms with Crippen LogP contribution in [0.1, 0.15) is 25.0 Å². The molecule has 4 rings (SSSR count). The molecule has 0 spiro atoms. The Morgan fingerprint density at radius 2 is 0.867 bits per heavy atom. The molecule has 0 atom stereocenters. The van der Waals surface area contributed by atoms with Crippen LogP contribution >= 0.6 is 0 Å². The zero-order valence-electron chi connectivity index (χ0n) is 24.6. The molecule has 15 heteroatoms. The number of azo groups is 2. The molecule has 0 aliphatic rings. The fraction of sp³-hybridized carbons (Fsp3) is 0.133. The van der Waals surface area contributed by atoms with Gasteiger partial charge < -0.3 is 9.47 Å². The summed E-state index contributed by atoms with van der Waals surface area (Å²) in [6.07, 6.45) is 2.56. The Balaban J connectivity index is 0.00000552. The van der Waals surface area contributed by atoms with E-state index in [0.29, 0.717) is 36.1 Å². The van der Waals surface area contributed by atoms with E-state index in [1.54, 1.807) is 48.5 Å². The molecule has 0 amide bonds. The molecule has 0 aliphatic heterocycles. The second-order valence-electron chi connectivity index (χ2n) is 8.98. The van der Waals surface area contributed by atoms with Gasteiger partial charge in [0.15, 0.2) is 0 Å². The van der Waals surface area contributed by atoms with Crippen molar-refractivity contribution in [2.75, 3.05) is 13.2 Å². The van der Waals surface area contributed by atoms with Crippen LogP contribution in [0.15, 0.2) is 115 Å². The van der Waals surface area contributed by atoms with Gasteiger partial charge in [0, 0.05) is 0 Å². The SMILES string of the molecule is CCOc1ccc(N=Nc2ccc(C=Cc3ccc(N=Nc4ccc(OCC)cc4)cc3S(=O)(=O)O)c(S(=O)(=O)O)c2)cc1.[Na+]. The summed E-state index contributed by atoms with van der Waals surface area (Å²) in [6, 6.07) is 21.5. The maximum Gasteiger partial charge on any atom is 1.00 e. The Hall–Kier alpha value is -3.76. The van der Waals surface area contributed by atoms with Gasteiger partial charge in [-0.3, -0.25) is 9.11 Å². The van der Waals surface area contributed by atoms with E-state index in [9.17, 15) is 25.9 Å². The first-order chi connectivity index (χ1) is 21.0. The van der Waals surface area contributed by atoms with Crippen molar-refractivity contribution in [3.8, 4) is 11.5 Å². The van der Waals surface area contributed by atoms with Crippen LogP contribution in [-0.4, -0.2) is 39.2 Å². The van der Waals surface area contributed by atoms with Crippen molar-refractivity contribution in [1.29, 1.82) is 0 Å². The third-order valence-electron chi connectivity index (χ3n) is 5.85. The molecule has 0 unspecified atom stereocenters. The average molecular weight is 660 g/mol. The molecule has 0 saturated heterocycles. The van der Waals surface area contributed by atoms with Crippen molar-refractivity contribution >= 4 is 55.1 Å². The van der Waals surface area contributed by atoms with Crippen LogP contribution in [0.3, 0.4) is 0 Å². The maximum atomic E-state index is 12.2. The van der Waals surface area contributed by atoms with Crippen LogP contribution in [0.5, 0.6) is 11.5 Å². The second kappa shape index (κ2) is 16.0. The molecule has 0 heterocycles. The minimum atomic E-state index is -4.71. The van der Waals surface area contributed by atoms with E-state index in [0.717, 1.165) is 12.1 Å². The molecule has 0 radical (unpaired) electrons. The largest absolute Gasteiger partial charge is 1.00 e. The molecule has 0 aliphatic carbocycles. The minimum Gasteiger partial charge on any atom is -0.494 e. The molecular weight excluding hydrogens is 631 g/mol. The molecular formula is C30H28N4NaO8S2+. The Bertz CT molecular complexity index is 1790. The summed E-state index contributed by atoms with van der Waals surface area (Å²) in [5, 5.41) is 16.2. The van der Waals surface area contributed by atoms with Gasteiger partial charge in [0.25, 0.3) is 20.2 Å². The topological polar surface area (TPSA) is 177 Å².